The minimum absolute atomic E-state index is 0.0289. The first-order chi connectivity index (χ1) is 10.2. The van der Waals surface area contributed by atoms with Gasteiger partial charge in [0.25, 0.3) is 0 Å². The van der Waals surface area contributed by atoms with Gasteiger partial charge < -0.3 is 4.74 Å². The molecule has 110 valence electrons. The first kappa shape index (κ1) is 14.5. The molecule has 1 aliphatic rings. The smallest absolute Gasteiger partial charge is 0.123 e. The number of rotatable bonds is 4. The molecule has 0 aromatic heterocycles. The Labute approximate surface area is 131 Å². The lowest BCUT2D eigenvalue weighted by molar-refractivity contribution is 0.227. The number of para-hydroxylation sites is 1. The molecule has 1 nitrogen and oxygen atoms in total. The number of fused-ring (bicyclic) bond motifs is 1. The fraction of sp³-hybridized carbons (Fsp3) is 0.368. The Bertz CT molecular complexity index is 610. The van der Waals surface area contributed by atoms with E-state index < -0.39 is 0 Å². The number of halogens is 1. The van der Waals surface area contributed by atoms with Gasteiger partial charge in [0.1, 0.15) is 11.9 Å². The highest BCUT2D eigenvalue weighted by molar-refractivity contribution is 6.21. The Kier molecular flexibility index (Phi) is 4.21. The summed E-state index contributed by atoms with van der Waals surface area (Å²) in [7, 11) is 0. The van der Waals surface area contributed by atoms with Crippen molar-refractivity contribution in [1.82, 2.24) is 0 Å². The van der Waals surface area contributed by atoms with Gasteiger partial charge in [-0.05, 0) is 41.2 Å². The van der Waals surface area contributed by atoms with E-state index in [2.05, 4.69) is 44.2 Å². The van der Waals surface area contributed by atoms with Crippen LogP contribution in [0.25, 0.3) is 0 Å². The highest BCUT2D eigenvalue weighted by Gasteiger charge is 2.30. The maximum atomic E-state index is 6.70. The van der Waals surface area contributed by atoms with Crippen molar-refractivity contribution in [3.63, 3.8) is 0 Å². The van der Waals surface area contributed by atoms with Crippen LogP contribution in [-0.2, 0) is 19.3 Å². The summed E-state index contributed by atoms with van der Waals surface area (Å²) >= 11 is 6.70. The third-order valence-corrected chi connectivity index (χ3v) is 4.84. The van der Waals surface area contributed by atoms with Gasteiger partial charge in [-0.1, -0.05) is 50.2 Å². The molecular formula is C19H21ClO. The largest absolute Gasteiger partial charge is 0.488 e. The monoisotopic (exact) mass is 300 g/mol. The van der Waals surface area contributed by atoms with E-state index in [0.717, 1.165) is 25.0 Å². The molecule has 0 fully saturated rings. The first-order valence-electron chi connectivity index (χ1n) is 7.73. The van der Waals surface area contributed by atoms with Gasteiger partial charge in [0.15, 0.2) is 0 Å². The van der Waals surface area contributed by atoms with Crippen LogP contribution < -0.4 is 4.74 Å². The summed E-state index contributed by atoms with van der Waals surface area (Å²) < 4.78 is 6.02. The number of hydrogen-bond acceptors (Lipinski definition) is 1. The molecule has 2 unspecified atom stereocenters. The highest BCUT2D eigenvalue weighted by atomic mass is 35.5. The maximum absolute atomic E-state index is 6.70. The van der Waals surface area contributed by atoms with Crippen LogP contribution in [0.4, 0.5) is 0 Å². The SMILES string of the molecule is CCc1ccc(C(Cl)C2Cc3ccccc3O2)cc1CC. The molecule has 1 aliphatic heterocycles. The molecule has 0 saturated heterocycles. The lowest BCUT2D eigenvalue weighted by atomic mass is 9.96. The molecule has 0 N–H and O–H groups in total. The van der Waals surface area contributed by atoms with E-state index in [1.54, 1.807) is 0 Å². The predicted octanol–water partition coefficient (Wildman–Crippen LogP) is 5.10. The van der Waals surface area contributed by atoms with Crippen LogP contribution in [0, 0.1) is 0 Å². The number of benzene rings is 2. The predicted molar refractivity (Wildman–Crippen MR) is 88.4 cm³/mol. The van der Waals surface area contributed by atoms with Crippen molar-refractivity contribution in [3.05, 3.63) is 64.7 Å². The van der Waals surface area contributed by atoms with Crippen LogP contribution in [0.2, 0.25) is 0 Å². The van der Waals surface area contributed by atoms with Crippen LogP contribution in [0.3, 0.4) is 0 Å². The third-order valence-electron chi connectivity index (χ3n) is 4.31. The Hall–Kier alpha value is -1.47. The van der Waals surface area contributed by atoms with Gasteiger partial charge in [0.2, 0.25) is 0 Å². The topological polar surface area (TPSA) is 9.23 Å². The van der Waals surface area contributed by atoms with Crippen LogP contribution >= 0.6 is 11.6 Å². The standard InChI is InChI=1S/C19H21ClO/c1-3-13-9-10-16(11-14(13)4-2)19(20)18-12-15-7-5-6-8-17(15)21-18/h5-11,18-19H,3-4,12H2,1-2H3. The van der Waals surface area contributed by atoms with E-state index >= 15 is 0 Å². The summed E-state index contributed by atoms with van der Waals surface area (Å²) in [6.45, 7) is 4.40. The average Bonchev–Trinajstić information content (AvgIpc) is 2.97. The van der Waals surface area contributed by atoms with Crippen molar-refractivity contribution in [2.45, 2.75) is 44.6 Å². The molecule has 21 heavy (non-hydrogen) atoms. The molecule has 0 amide bonds. The van der Waals surface area contributed by atoms with Crippen molar-refractivity contribution < 1.29 is 4.74 Å². The number of ether oxygens (including phenoxy) is 1. The maximum Gasteiger partial charge on any atom is 0.123 e. The van der Waals surface area contributed by atoms with Gasteiger partial charge in [0, 0.05) is 6.42 Å². The number of aryl methyl sites for hydroxylation is 2. The molecule has 1 heterocycles. The summed E-state index contributed by atoms with van der Waals surface area (Å²) in [5.41, 5.74) is 5.24. The van der Waals surface area contributed by atoms with E-state index in [1.165, 1.54) is 22.3 Å². The quantitative estimate of drug-likeness (QED) is 0.714. The lowest BCUT2D eigenvalue weighted by Gasteiger charge is -2.19. The number of hydrogen-bond donors (Lipinski definition) is 0. The summed E-state index contributed by atoms with van der Waals surface area (Å²) in [6.07, 6.45) is 3.04. The van der Waals surface area contributed by atoms with Crippen LogP contribution in [0.15, 0.2) is 42.5 Å². The third kappa shape index (κ3) is 2.80. The van der Waals surface area contributed by atoms with Crippen molar-refractivity contribution in [2.24, 2.45) is 0 Å². The summed E-state index contributed by atoms with van der Waals surface area (Å²) in [6, 6.07) is 14.8. The molecule has 0 bridgehead atoms. The zero-order valence-corrected chi connectivity index (χ0v) is 13.4. The van der Waals surface area contributed by atoms with E-state index in [0.29, 0.717) is 0 Å². The summed E-state index contributed by atoms with van der Waals surface area (Å²) in [4.78, 5) is 0. The van der Waals surface area contributed by atoms with E-state index in [9.17, 15) is 0 Å². The molecule has 0 spiro atoms. The van der Waals surface area contributed by atoms with Gasteiger partial charge in [-0.2, -0.15) is 0 Å². The fourth-order valence-electron chi connectivity index (χ4n) is 3.08. The molecule has 2 heteroatoms. The van der Waals surface area contributed by atoms with Gasteiger partial charge in [-0.25, -0.2) is 0 Å². The lowest BCUT2D eigenvalue weighted by Crippen LogP contribution is -2.19. The molecular weight excluding hydrogens is 280 g/mol. The minimum Gasteiger partial charge on any atom is -0.488 e. The van der Waals surface area contributed by atoms with Gasteiger partial charge in [-0.3, -0.25) is 0 Å². The van der Waals surface area contributed by atoms with Crippen LogP contribution in [0.1, 0.15) is 41.5 Å². The van der Waals surface area contributed by atoms with Gasteiger partial charge in [0.05, 0.1) is 5.38 Å². The number of alkyl halides is 1. The second-order valence-corrected chi connectivity index (χ2v) is 6.08. The molecule has 2 aromatic rings. The second-order valence-electron chi connectivity index (χ2n) is 5.61. The molecule has 2 aromatic carbocycles. The molecule has 0 aliphatic carbocycles. The van der Waals surface area contributed by atoms with Crippen molar-refractivity contribution >= 4 is 11.6 Å². The van der Waals surface area contributed by atoms with Crippen LogP contribution in [-0.4, -0.2) is 6.10 Å². The van der Waals surface area contributed by atoms with E-state index in [4.69, 9.17) is 16.3 Å². The van der Waals surface area contributed by atoms with Crippen LogP contribution in [0.5, 0.6) is 5.75 Å². The van der Waals surface area contributed by atoms with E-state index in [1.807, 2.05) is 12.1 Å². The molecule has 2 atom stereocenters. The molecule has 0 radical (unpaired) electrons. The zero-order valence-electron chi connectivity index (χ0n) is 12.6. The second kappa shape index (κ2) is 6.11. The van der Waals surface area contributed by atoms with Gasteiger partial charge in [-0.15, -0.1) is 11.6 Å². The Morgan fingerprint density at radius 2 is 1.86 bits per heavy atom. The first-order valence-corrected chi connectivity index (χ1v) is 8.16. The normalized spacial score (nSPS) is 18.1. The Balaban J connectivity index is 1.82. The summed E-state index contributed by atoms with van der Waals surface area (Å²) in [5, 5.41) is -0.103. The molecule has 3 rings (SSSR count). The van der Waals surface area contributed by atoms with Crippen molar-refractivity contribution in [3.8, 4) is 5.75 Å². The molecule has 0 saturated carbocycles. The minimum atomic E-state index is -0.103. The summed E-state index contributed by atoms with van der Waals surface area (Å²) in [5.74, 6) is 0.981. The van der Waals surface area contributed by atoms with E-state index in [-0.39, 0.29) is 11.5 Å². The van der Waals surface area contributed by atoms with Crippen molar-refractivity contribution in [2.75, 3.05) is 0 Å². The average molecular weight is 301 g/mol. The fourth-order valence-corrected chi connectivity index (χ4v) is 3.35. The van der Waals surface area contributed by atoms with Crippen molar-refractivity contribution in [1.29, 1.82) is 0 Å². The van der Waals surface area contributed by atoms with Gasteiger partial charge >= 0.3 is 0 Å². The Morgan fingerprint density at radius 1 is 1.10 bits per heavy atom. The zero-order chi connectivity index (χ0) is 14.8. The highest BCUT2D eigenvalue weighted by Crippen LogP contribution is 2.37. The Morgan fingerprint density at radius 3 is 2.57 bits per heavy atom.